The average Bonchev–Trinajstić information content (AvgIpc) is 2.98. The van der Waals surface area contributed by atoms with E-state index >= 15 is 0 Å². The maximum atomic E-state index is 12.8. The van der Waals surface area contributed by atoms with E-state index in [2.05, 4.69) is 20.7 Å². The summed E-state index contributed by atoms with van der Waals surface area (Å²) >= 11 is 3.27. The van der Waals surface area contributed by atoms with Crippen molar-refractivity contribution in [3.63, 3.8) is 0 Å². The van der Waals surface area contributed by atoms with Crippen molar-refractivity contribution in [2.75, 3.05) is 18.4 Å². The fraction of sp³-hybridized carbons (Fsp3) is 0.211. The minimum atomic E-state index is -3.91. The second-order valence-electron chi connectivity index (χ2n) is 5.89. The predicted molar refractivity (Wildman–Crippen MR) is 108 cm³/mol. The van der Waals surface area contributed by atoms with Gasteiger partial charge in [-0.25, -0.2) is 13.2 Å². The molecule has 0 saturated heterocycles. The first-order valence-corrected chi connectivity index (χ1v) is 10.6. The number of furan rings is 1. The summed E-state index contributed by atoms with van der Waals surface area (Å²) in [4.78, 5) is 12.0. The standard InChI is InChI=1S/C19H18BrNO6S/c1-4-26-19(22)18-11(2)14-10-13(6-8-15(14)27-18)21-28(23,24)17-9-12(20)5-7-16(17)25-3/h5-10,21H,4H2,1-3H3. The van der Waals surface area contributed by atoms with Crippen LogP contribution in [0.25, 0.3) is 11.0 Å². The van der Waals surface area contributed by atoms with Crippen molar-refractivity contribution in [3.05, 3.63) is 52.2 Å². The average molecular weight is 468 g/mol. The highest BCUT2D eigenvalue weighted by atomic mass is 79.9. The zero-order valence-electron chi connectivity index (χ0n) is 15.4. The molecule has 0 aliphatic rings. The number of hydrogen-bond acceptors (Lipinski definition) is 6. The van der Waals surface area contributed by atoms with Gasteiger partial charge in [0.1, 0.15) is 16.2 Å². The first-order valence-electron chi connectivity index (χ1n) is 8.33. The van der Waals surface area contributed by atoms with Crippen LogP contribution in [0.15, 0.2) is 50.2 Å². The lowest BCUT2D eigenvalue weighted by Crippen LogP contribution is -2.14. The van der Waals surface area contributed by atoms with Gasteiger partial charge < -0.3 is 13.9 Å². The fourth-order valence-electron chi connectivity index (χ4n) is 2.75. The number of carbonyl (C=O) groups excluding carboxylic acids is 1. The van der Waals surface area contributed by atoms with E-state index < -0.39 is 16.0 Å². The molecule has 3 aromatic rings. The van der Waals surface area contributed by atoms with Crippen LogP contribution in [0.4, 0.5) is 5.69 Å². The molecule has 148 valence electrons. The van der Waals surface area contributed by atoms with E-state index in [0.717, 1.165) is 0 Å². The summed E-state index contributed by atoms with van der Waals surface area (Å²) in [5.74, 6) is -0.233. The van der Waals surface area contributed by atoms with E-state index in [9.17, 15) is 13.2 Å². The van der Waals surface area contributed by atoms with Crippen LogP contribution in [0, 0.1) is 6.92 Å². The van der Waals surface area contributed by atoms with Crippen molar-refractivity contribution in [1.82, 2.24) is 0 Å². The molecule has 0 spiro atoms. The molecule has 0 aliphatic heterocycles. The topological polar surface area (TPSA) is 94.8 Å². The molecule has 1 aromatic heterocycles. The van der Waals surface area contributed by atoms with Crippen molar-refractivity contribution in [2.24, 2.45) is 0 Å². The first-order chi connectivity index (χ1) is 13.3. The number of fused-ring (bicyclic) bond motifs is 1. The summed E-state index contributed by atoms with van der Waals surface area (Å²) in [6.45, 7) is 3.65. The van der Waals surface area contributed by atoms with Gasteiger partial charge in [-0.1, -0.05) is 15.9 Å². The summed E-state index contributed by atoms with van der Waals surface area (Å²) < 4.78 is 44.5. The molecular formula is C19H18BrNO6S. The lowest BCUT2D eigenvalue weighted by Gasteiger charge is -2.12. The van der Waals surface area contributed by atoms with Crippen LogP contribution in [0.1, 0.15) is 23.0 Å². The van der Waals surface area contributed by atoms with Crippen LogP contribution < -0.4 is 9.46 Å². The van der Waals surface area contributed by atoms with Crippen molar-refractivity contribution < 1.29 is 27.1 Å². The third-order valence-corrected chi connectivity index (χ3v) is 5.96. The molecule has 0 atom stereocenters. The van der Waals surface area contributed by atoms with Crippen molar-refractivity contribution in [1.29, 1.82) is 0 Å². The number of ether oxygens (including phenoxy) is 2. The molecule has 3 rings (SSSR count). The van der Waals surface area contributed by atoms with Crippen molar-refractivity contribution in [2.45, 2.75) is 18.7 Å². The number of anilines is 1. The quantitative estimate of drug-likeness (QED) is 0.536. The summed E-state index contributed by atoms with van der Waals surface area (Å²) in [7, 11) is -2.50. The third-order valence-electron chi connectivity index (χ3n) is 4.06. The number of carbonyl (C=O) groups is 1. The molecule has 0 radical (unpaired) electrons. The number of nitrogens with one attached hydrogen (secondary N) is 1. The smallest absolute Gasteiger partial charge is 0.374 e. The van der Waals surface area contributed by atoms with E-state index in [-0.39, 0.29) is 23.0 Å². The Balaban J connectivity index is 2.00. The van der Waals surface area contributed by atoms with Crippen LogP contribution in [-0.4, -0.2) is 28.1 Å². The molecule has 2 aromatic carbocycles. The molecule has 0 aliphatic carbocycles. The van der Waals surface area contributed by atoms with E-state index in [4.69, 9.17) is 13.9 Å². The second-order valence-corrected chi connectivity index (χ2v) is 8.45. The number of rotatable bonds is 6. The van der Waals surface area contributed by atoms with Gasteiger partial charge >= 0.3 is 5.97 Å². The van der Waals surface area contributed by atoms with Crippen LogP contribution in [0.3, 0.4) is 0 Å². The molecule has 7 nitrogen and oxygen atoms in total. The van der Waals surface area contributed by atoms with E-state index in [0.29, 0.717) is 26.7 Å². The number of aryl methyl sites for hydroxylation is 1. The number of hydrogen-bond donors (Lipinski definition) is 1. The zero-order valence-corrected chi connectivity index (χ0v) is 17.8. The van der Waals surface area contributed by atoms with Gasteiger partial charge in [-0.3, -0.25) is 4.72 Å². The molecule has 1 heterocycles. The Morgan fingerprint density at radius 2 is 1.96 bits per heavy atom. The molecule has 0 bridgehead atoms. The third kappa shape index (κ3) is 3.85. The number of benzene rings is 2. The molecule has 0 saturated carbocycles. The number of methoxy groups -OCH3 is 1. The zero-order chi connectivity index (χ0) is 20.5. The van der Waals surface area contributed by atoms with E-state index in [1.165, 1.54) is 13.2 Å². The highest BCUT2D eigenvalue weighted by Crippen LogP contribution is 2.32. The Labute approximate surface area is 170 Å². The van der Waals surface area contributed by atoms with Crippen LogP contribution in [0.2, 0.25) is 0 Å². The number of halogens is 1. The van der Waals surface area contributed by atoms with Gasteiger partial charge in [0, 0.05) is 21.1 Å². The molecule has 0 fully saturated rings. The Kier molecular flexibility index (Phi) is 5.66. The lowest BCUT2D eigenvalue weighted by atomic mass is 10.1. The molecule has 0 amide bonds. The minimum Gasteiger partial charge on any atom is -0.495 e. The van der Waals surface area contributed by atoms with Crippen LogP contribution >= 0.6 is 15.9 Å². The maximum Gasteiger partial charge on any atom is 0.374 e. The first kappa shape index (κ1) is 20.2. The molecular weight excluding hydrogens is 450 g/mol. The summed E-state index contributed by atoms with van der Waals surface area (Å²) in [6.07, 6.45) is 0. The lowest BCUT2D eigenvalue weighted by molar-refractivity contribution is 0.0491. The minimum absolute atomic E-state index is 0.000556. The largest absolute Gasteiger partial charge is 0.495 e. The van der Waals surface area contributed by atoms with Gasteiger partial charge in [-0.05, 0) is 50.2 Å². The van der Waals surface area contributed by atoms with Gasteiger partial charge in [-0.2, -0.15) is 0 Å². The summed E-state index contributed by atoms with van der Waals surface area (Å²) in [5.41, 5.74) is 1.37. The molecule has 0 unspecified atom stereocenters. The Morgan fingerprint density at radius 1 is 1.21 bits per heavy atom. The predicted octanol–water partition coefficient (Wildman–Crippen LogP) is 4.49. The van der Waals surface area contributed by atoms with Gasteiger partial charge in [-0.15, -0.1) is 0 Å². The summed E-state index contributed by atoms with van der Waals surface area (Å²) in [6, 6.07) is 9.48. The summed E-state index contributed by atoms with van der Waals surface area (Å²) in [5, 5.41) is 0.615. The molecule has 1 N–H and O–H groups in total. The monoisotopic (exact) mass is 467 g/mol. The second kappa shape index (κ2) is 7.84. The van der Waals surface area contributed by atoms with Gasteiger partial charge in [0.15, 0.2) is 0 Å². The highest BCUT2D eigenvalue weighted by Gasteiger charge is 2.22. The van der Waals surface area contributed by atoms with Gasteiger partial charge in [0.25, 0.3) is 10.0 Å². The van der Waals surface area contributed by atoms with Crippen molar-refractivity contribution in [3.8, 4) is 5.75 Å². The van der Waals surface area contributed by atoms with E-state index in [1.54, 1.807) is 44.2 Å². The van der Waals surface area contributed by atoms with Gasteiger partial charge in [0.05, 0.1) is 13.7 Å². The highest BCUT2D eigenvalue weighted by molar-refractivity contribution is 9.10. The molecule has 9 heteroatoms. The Morgan fingerprint density at radius 3 is 2.64 bits per heavy atom. The normalized spacial score (nSPS) is 11.4. The Hall–Kier alpha value is -2.52. The van der Waals surface area contributed by atoms with Crippen LogP contribution in [0.5, 0.6) is 5.75 Å². The van der Waals surface area contributed by atoms with E-state index in [1.807, 2.05) is 0 Å². The van der Waals surface area contributed by atoms with Crippen molar-refractivity contribution >= 4 is 48.6 Å². The Bertz CT molecular complexity index is 1150. The molecule has 28 heavy (non-hydrogen) atoms. The maximum absolute atomic E-state index is 12.8. The fourth-order valence-corrected chi connectivity index (χ4v) is 4.50. The SMILES string of the molecule is CCOC(=O)c1oc2ccc(NS(=O)(=O)c3cc(Br)ccc3OC)cc2c1C. The number of esters is 1. The number of sulfonamides is 1. The van der Waals surface area contributed by atoms with Crippen LogP contribution in [-0.2, 0) is 14.8 Å². The van der Waals surface area contributed by atoms with Gasteiger partial charge in [0.2, 0.25) is 5.76 Å².